The van der Waals surface area contributed by atoms with Gasteiger partial charge in [0.1, 0.15) is 5.82 Å². The highest BCUT2D eigenvalue weighted by Crippen LogP contribution is 2.23. The number of anilines is 1. The van der Waals surface area contributed by atoms with Crippen LogP contribution in [0.3, 0.4) is 0 Å². The van der Waals surface area contributed by atoms with Gasteiger partial charge in [-0.05, 0) is 39.7 Å². The van der Waals surface area contributed by atoms with Gasteiger partial charge in [0, 0.05) is 33.7 Å². The Hall–Kier alpha value is -1.07. The number of thioether (sulfide) groups is 1. The monoisotopic (exact) mass is 295 g/mol. The first-order valence-corrected chi connectivity index (χ1v) is 6.45. The number of halogens is 1. The molecule has 2 rings (SSSR count). The van der Waals surface area contributed by atoms with Gasteiger partial charge in [0.2, 0.25) is 0 Å². The van der Waals surface area contributed by atoms with Crippen LogP contribution < -0.4 is 5.73 Å². The third-order valence-corrected chi connectivity index (χ3v) is 3.41. The van der Waals surface area contributed by atoms with E-state index in [-0.39, 0.29) is 0 Å². The molecule has 0 radical (unpaired) electrons. The maximum Gasteiger partial charge on any atom is 0.123 e. The van der Waals surface area contributed by atoms with E-state index in [0.717, 1.165) is 15.1 Å². The molecule has 2 heterocycles. The lowest BCUT2D eigenvalue weighted by atomic mass is 10.3. The zero-order valence-electron chi connectivity index (χ0n) is 8.43. The van der Waals surface area contributed by atoms with Crippen LogP contribution in [0.4, 0.5) is 5.82 Å². The van der Waals surface area contributed by atoms with Gasteiger partial charge in [-0.2, -0.15) is 0 Å². The molecule has 0 aliphatic rings. The first-order chi connectivity index (χ1) is 7.74. The fourth-order valence-electron chi connectivity index (χ4n) is 1.18. The molecule has 0 saturated carbocycles. The van der Waals surface area contributed by atoms with Gasteiger partial charge in [-0.3, -0.25) is 4.98 Å². The minimum atomic E-state index is 0.550. The first kappa shape index (κ1) is 11.4. The van der Waals surface area contributed by atoms with E-state index in [9.17, 15) is 0 Å². The molecule has 2 aromatic heterocycles. The maximum atomic E-state index is 5.52. The summed E-state index contributed by atoms with van der Waals surface area (Å²) in [5, 5.41) is 0. The molecular weight excluding hydrogens is 286 g/mol. The van der Waals surface area contributed by atoms with Crippen molar-refractivity contribution in [1.29, 1.82) is 0 Å². The quantitative estimate of drug-likeness (QED) is 0.884. The van der Waals surface area contributed by atoms with Crippen molar-refractivity contribution >= 4 is 33.5 Å². The molecule has 16 heavy (non-hydrogen) atoms. The number of rotatable bonds is 3. The van der Waals surface area contributed by atoms with Crippen molar-refractivity contribution in [3.8, 4) is 0 Å². The van der Waals surface area contributed by atoms with Crippen molar-refractivity contribution in [3.05, 3.63) is 46.8 Å². The van der Waals surface area contributed by atoms with Crippen molar-refractivity contribution in [2.75, 3.05) is 5.73 Å². The lowest BCUT2D eigenvalue weighted by Gasteiger charge is -2.02. The standard InChI is InChI=1S/C11H10BrN3S/c12-9-3-8(4-14-5-9)7-16-10-1-2-11(13)15-6-10/h1-6H,7H2,(H2,13,15). The van der Waals surface area contributed by atoms with Gasteiger partial charge < -0.3 is 5.73 Å². The molecule has 0 spiro atoms. The third-order valence-electron chi connectivity index (χ3n) is 1.93. The predicted octanol–water partition coefficient (Wildman–Crippen LogP) is 3.11. The normalized spacial score (nSPS) is 10.3. The van der Waals surface area contributed by atoms with E-state index < -0.39 is 0 Å². The van der Waals surface area contributed by atoms with Gasteiger partial charge in [0.25, 0.3) is 0 Å². The zero-order chi connectivity index (χ0) is 11.4. The summed E-state index contributed by atoms with van der Waals surface area (Å²) in [5.74, 6) is 1.42. The van der Waals surface area contributed by atoms with Crippen molar-refractivity contribution in [1.82, 2.24) is 9.97 Å². The molecule has 0 atom stereocenters. The first-order valence-electron chi connectivity index (χ1n) is 4.68. The summed E-state index contributed by atoms with van der Waals surface area (Å²) in [6.07, 6.45) is 5.42. The smallest absolute Gasteiger partial charge is 0.123 e. The number of hydrogen-bond donors (Lipinski definition) is 1. The Balaban J connectivity index is 1.99. The molecule has 3 nitrogen and oxygen atoms in total. The fourth-order valence-corrected chi connectivity index (χ4v) is 2.37. The van der Waals surface area contributed by atoms with E-state index in [1.807, 2.05) is 18.3 Å². The van der Waals surface area contributed by atoms with Crippen LogP contribution in [0.1, 0.15) is 5.56 Å². The predicted molar refractivity (Wildman–Crippen MR) is 70.1 cm³/mol. The summed E-state index contributed by atoms with van der Waals surface area (Å²) >= 11 is 5.11. The van der Waals surface area contributed by atoms with Crippen molar-refractivity contribution in [2.24, 2.45) is 0 Å². The average Bonchev–Trinajstić information content (AvgIpc) is 2.28. The molecule has 0 amide bonds. The summed E-state index contributed by atoms with van der Waals surface area (Å²) in [6.45, 7) is 0. The molecule has 0 fully saturated rings. The lowest BCUT2D eigenvalue weighted by molar-refractivity contribution is 1.22. The van der Waals surface area contributed by atoms with Gasteiger partial charge >= 0.3 is 0 Å². The molecule has 0 unspecified atom stereocenters. The number of nitrogen functional groups attached to an aromatic ring is 1. The lowest BCUT2D eigenvalue weighted by Crippen LogP contribution is -1.88. The summed E-state index contributed by atoms with van der Waals surface area (Å²) in [7, 11) is 0. The summed E-state index contributed by atoms with van der Waals surface area (Å²) in [6, 6.07) is 5.84. The molecule has 2 aromatic rings. The number of hydrogen-bond acceptors (Lipinski definition) is 4. The minimum absolute atomic E-state index is 0.550. The van der Waals surface area contributed by atoms with E-state index in [1.54, 1.807) is 24.2 Å². The Labute approximate surface area is 107 Å². The van der Waals surface area contributed by atoms with Gasteiger partial charge in [0.15, 0.2) is 0 Å². The van der Waals surface area contributed by atoms with Crippen molar-refractivity contribution < 1.29 is 0 Å². The van der Waals surface area contributed by atoms with Gasteiger partial charge in [-0.1, -0.05) is 0 Å². The van der Waals surface area contributed by atoms with Crippen LogP contribution in [0.15, 0.2) is 46.2 Å². The fraction of sp³-hybridized carbons (Fsp3) is 0.0909. The Bertz CT molecular complexity index is 473. The molecule has 2 N–H and O–H groups in total. The Morgan fingerprint density at radius 1 is 1.25 bits per heavy atom. The average molecular weight is 296 g/mol. The number of nitrogens with zero attached hydrogens (tertiary/aromatic N) is 2. The van der Waals surface area contributed by atoms with Crippen LogP contribution >= 0.6 is 27.7 Å². The van der Waals surface area contributed by atoms with Gasteiger partial charge in [-0.25, -0.2) is 4.98 Å². The highest BCUT2D eigenvalue weighted by atomic mass is 79.9. The largest absolute Gasteiger partial charge is 0.384 e. The number of aromatic nitrogens is 2. The van der Waals surface area contributed by atoms with Gasteiger partial charge in [-0.15, -0.1) is 11.8 Å². The van der Waals surface area contributed by atoms with E-state index in [4.69, 9.17) is 5.73 Å². The van der Waals surface area contributed by atoms with Crippen molar-refractivity contribution in [2.45, 2.75) is 10.6 Å². The molecule has 82 valence electrons. The topological polar surface area (TPSA) is 51.8 Å². The van der Waals surface area contributed by atoms with E-state index in [2.05, 4.69) is 32.0 Å². The van der Waals surface area contributed by atoms with Gasteiger partial charge in [0.05, 0.1) is 0 Å². The molecule has 0 aliphatic carbocycles. The SMILES string of the molecule is Nc1ccc(SCc2cncc(Br)c2)cn1. The highest BCUT2D eigenvalue weighted by Gasteiger charge is 1.98. The zero-order valence-corrected chi connectivity index (χ0v) is 10.8. The van der Waals surface area contributed by atoms with Crippen LogP contribution in [0.5, 0.6) is 0 Å². The second-order valence-corrected chi connectivity index (χ2v) is 5.18. The van der Waals surface area contributed by atoms with Crippen LogP contribution in [0, 0.1) is 0 Å². The Morgan fingerprint density at radius 2 is 2.12 bits per heavy atom. The third kappa shape index (κ3) is 3.21. The molecule has 0 aromatic carbocycles. The second kappa shape index (κ2) is 5.32. The molecule has 0 bridgehead atoms. The van der Waals surface area contributed by atoms with Crippen LogP contribution in [0.2, 0.25) is 0 Å². The second-order valence-electron chi connectivity index (χ2n) is 3.22. The Kier molecular flexibility index (Phi) is 3.79. The minimum Gasteiger partial charge on any atom is -0.384 e. The molecule has 0 aliphatic heterocycles. The van der Waals surface area contributed by atoms with Crippen molar-refractivity contribution in [3.63, 3.8) is 0 Å². The van der Waals surface area contributed by atoms with E-state index in [1.165, 1.54) is 5.56 Å². The molecular formula is C11H10BrN3S. The van der Waals surface area contributed by atoms with E-state index in [0.29, 0.717) is 5.82 Å². The van der Waals surface area contributed by atoms with Crippen LogP contribution in [-0.2, 0) is 5.75 Å². The number of pyridine rings is 2. The summed E-state index contributed by atoms with van der Waals surface area (Å²) < 4.78 is 1.00. The molecule has 0 saturated heterocycles. The number of nitrogens with two attached hydrogens (primary N) is 1. The van der Waals surface area contributed by atoms with E-state index >= 15 is 0 Å². The molecule has 5 heteroatoms. The maximum absolute atomic E-state index is 5.52. The van der Waals surface area contributed by atoms with Crippen LogP contribution in [-0.4, -0.2) is 9.97 Å². The highest BCUT2D eigenvalue weighted by molar-refractivity contribution is 9.10. The summed E-state index contributed by atoms with van der Waals surface area (Å²) in [4.78, 5) is 9.26. The van der Waals surface area contributed by atoms with Crippen LogP contribution in [0.25, 0.3) is 0 Å². The Morgan fingerprint density at radius 3 is 2.81 bits per heavy atom. The summed E-state index contributed by atoms with van der Waals surface area (Å²) in [5.41, 5.74) is 6.69.